The molecule has 3 rings (SSSR count). The molecule has 2 nitrogen and oxygen atoms in total. The van der Waals surface area contributed by atoms with E-state index in [0.717, 1.165) is 39.2 Å². The first-order valence-corrected chi connectivity index (χ1v) is 9.68. The molecule has 0 bridgehead atoms. The smallest absolute Gasteiger partial charge is 0.255 e. The molecule has 0 N–H and O–H groups in total. The van der Waals surface area contributed by atoms with E-state index >= 15 is 0 Å². The summed E-state index contributed by atoms with van der Waals surface area (Å²) in [4.78, 5) is 15.9. The van der Waals surface area contributed by atoms with Gasteiger partial charge in [-0.25, -0.2) is 0 Å². The molecule has 2 aromatic rings. The summed E-state index contributed by atoms with van der Waals surface area (Å²) < 4.78 is 1.05. The zero-order valence-electron chi connectivity index (χ0n) is 13.4. The highest BCUT2D eigenvalue weighted by atomic mass is 79.9. The van der Waals surface area contributed by atoms with Crippen molar-refractivity contribution < 1.29 is 4.79 Å². The van der Waals surface area contributed by atoms with Gasteiger partial charge < -0.3 is 4.90 Å². The lowest BCUT2D eigenvalue weighted by Gasteiger charge is -2.22. The van der Waals surface area contributed by atoms with Crippen LogP contribution in [-0.2, 0) is 12.3 Å². The van der Waals surface area contributed by atoms with Crippen LogP contribution in [-0.4, -0.2) is 16.8 Å². The molecule has 0 radical (unpaired) electrons. The summed E-state index contributed by atoms with van der Waals surface area (Å²) in [6, 6.07) is 14.8. The monoisotopic (exact) mass is 389 g/mol. The summed E-state index contributed by atoms with van der Waals surface area (Å²) >= 11 is 5.33. The van der Waals surface area contributed by atoms with Crippen molar-refractivity contribution in [1.82, 2.24) is 4.90 Å². The first kappa shape index (κ1) is 16.6. The zero-order chi connectivity index (χ0) is 16.4. The number of carbonyl (C=O) groups excluding carboxylic acids is 1. The number of rotatable bonds is 5. The van der Waals surface area contributed by atoms with Gasteiger partial charge in [-0.2, -0.15) is 0 Å². The number of fused-ring (bicyclic) bond motifs is 1. The van der Waals surface area contributed by atoms with Crippen molar-refractivity contribution >= 4 is 33.6 Å². The van der Waals surface area contributed by atoms with Crippen LogP contribution in [0, 0.1) is 0 Å². The number of thioether (sulfide) groups is 1. The predicted octanol–water partition coefficient (Wildman–Crippen LogP) is 5.50. The lowest BCUT2D eigenvalue weighted by molar-refractivity contribution is 0.0711. The SMILES string of the molecule is CC[C@H](C)N1Cc2cc(Br)cc(SCc3ccccc3)c2C1=O. The van der Waals surface area contributed by atoms with E-state index in [9.17, 15) is 4.79 Å². The maximum absolute atomic E-state index is 12.8. The minimum absolute atomic E-state index is 0.178. The molecule has 1 atom stereocenters. The molecule has 0 aromatic heterocycles. The van der Waals surface area contributed by atoms with Crippen LogP contribution in [0.4, 0.5) is 0 Å². The molecule has 2 aromatic carbocycles. The van der Waals surface area contributed by atoms with Crippen molar-refractivity contribution in [2.24, 2.45) is 0 Å². The topological polar surface area (TPSA) is 20.3 Å². The van der Waals surface area contributed by atoms with E-state index in [1.165, 1.54) is 5.56 Å². The molecule has 0 fully saturated rings. The molecule has 120 valence electrons. The molecule has 1 amide bonds. The van der Waals surface area contributed by atoms with Gasteiger partial charge in [-0.05, 0) is 36.6 Å². The molecule has 1 aliphatic heterocycles. The molecular formula is C19H20BrNOS. The Kier molecular flexibility index (Phi) is 5.12. The average molecular weight is 390 g/mol. The van der Waals surface area contributed by atoms with Gasteiger partial charge in [0.05, 0.1) is 5.56 Å². The molecule has 0 spiro atoms. The van der Waals surface area contributed by atoms with E-state index in [4.69, 9.17) is 0 Å². The van der Waals surface area contributed by atoms with Crippen LogP contribution in [0.15, 0.2) is 51.8 Å². The summed E-state index contributed by atoms with van der Waals surface area (Å²) in [5.41, 5.74) is 3.31. The lowest BCUT2D eigenvalue weighted by Crippen LogP contribution is -2.32. The highest BCUT2D eigenvalue weighted by Gasteiger charge is 2.32. The Balaban J connectivity index is 1.87. The van der Waals surface area contributed by atoms with Gasteiger partial charge in [0, 0.05) is 27.7 Å². The van der Waals surface area contributed by atoms with E-state index in [1.807, 2.05) is 11.0 Å². The molecular weight excluding hydrogens is 370 g/mol. The summed E-state index contributed by atoms with van der Waals surface area (Å²) in [5, 5.41) is 0. The summed E-state index contributed by atoms with van der Waals surface area (Å²) in [5.74, 6) is 1.05. The number of benzene rings is 2. The fraction of sp³-hybridized carbons (Fsp3) is 0.316. The molecule has 4 heteroatoms. The summed E-state index contributed by atoms with van der Waals surface area (Å²) in [6.07, 6.45) is 0.980. The van der Waals surface area contributed by atoms with Crippen LogP contribution in [0.25, 0.3) is 0 Å². The summed E-state index contributed by atoms with van der Waals surface area (Å²) in [6.45, 7) is 4.97. The molecule has 1 aliphatic rings. The van der Waals surface area contributed by atoms with Gasteiger partial charge in [-0.15, -0.1) is 11.8 Å². The van der Waals surface area contributed by atoms with Crippen molar-refractivity contribution in [3.05, 3.63) is 63.6 Å². The number of hydrogen-bond acceptors (Lipinski definition) is 2. The molecule has 1 heterocycles. The molecule has 0 unspecified atom stereocenters. The van der Waals surface area contributed by atoms with E-state index < -0.39 is 0 Å². The Morgan fingerprint density at radius 3 is 2.70 bits per heavy atom. The quantitative estimate of drug-likeness (QED) is 0.629. The number of hydrogen-bond donors (Lipinski definition) is 0. The van der Waals surface area contributed by atoms with Gasteiger partial charge in [0.2, 0.25) is 0 Å². The van der Waals surface area contributed by atoms with Crippen LogP contribution in [0.1, 0.15) is 41.8 Å². The molecule has 23 heavy (non-hydrogen) atoms. The maximum Gasteiger partial charge on any atom is 0.255 e. The third-order valence-corrected chi connectivity index (χ3v) is 5.89. The Hall–Kier alpha value is -1.26. The maximum atomic E-state index is 12.8. The average Bonchev–Trinajstić information content (AvgIpc) is 2.89. The van der Waals surface area contributed by atoms with Crippen molar-refractivity contribution in [1.29, 1.82) is 0 Å². The standard InChI is InChI=1S/C19H20BrNOS/c1-3-13(2)21-11-15-9-16(20)10-17(18(15)19(21)22)23-12-14-7-5-4-6-8-14/h4-10,13H,3,11-12H2,1-2H3/t13-/m0/s1. The highest BCUT2D eigenvalue weighted by molar-refractivity contribution is 9.10. The minimum atomic E-state index is 0.178. The van der Waals surface area contributed by atoms with Crippen LogP contribution in [0.3, 0.4) is 0 Å². The molecule has 0 saturated heterocycles. The largest absolute Gasteiger partial charge is 0.332 e. The van der Waals surface area contributed by atoms with Crippen LogP contribution in [0.2, 0.25) is 0 Å². The van der Waals surface area contributed by atoms with Crippen LogP contribution in [0.5, 0.6) is 0 Å². The highest BCUT2D eigenvalue weighted by Crippen LogP contribution is 2.37. The van der Waals surface area contributed by atoms with Crippen molar-refractivity contribution in [3.8, 4) is 0 Å². The van der Waals surface area contributed by atoms with E-state index in [-0.39, 0.29) is 11.9 Å². The lowest BCUT2D eigenvalue weighted by atomic mass is 10.1. The third kappa shape index (κ3) is 3.48. The van der Waals surface area contributed by atoms with Crippen LogP contribution >= 0.6 is 27.7 Å². The second-order valence-corrected chi connectivity index (χ2v) is 7.84. The Morgan fingerprint density at radius 2 is 2.00 bits per heavy atom. The zero-order valence-corrected chi connectivity index (χ0v) is 15.8. The Bertz CT molecular complexity index is 717. The fourth-order valence-electron chi connectivity index (χ4n) is 2.83. The van der Waals surface area contributed by atoms with Gasteiger partial charge >= 0.3 is 0 Å². The van der Waals surface area contributed by atoms with E-state index in [2.05, 4.69) is 66.2 Å². The molecule has 0 saturated carbocycles. The van der Waals surface area contributed by atoms with Crippen molar-refractivity contribution in [2.75, 3.05) is 0 Å². The minimum Gasteiger partial charge on any atom is -0.332 e. The van der Waals surface area contributed by atoms with Gasteiger partial charge in [0.15, 0.2) is 0 Å². The second kappa shape index (κ2) is 7.10. The third-order valence-electron chi connectivity index (χ3n) is 4.32. The fourth-order valence-corrected chi connectivity index (χ4v) is 4.57. The Labute approximate surface area is 150 Å². The van der Waals surface area contributed by atoms with Crippen molar-refractivity contribution in [2.45, 2.75) is 43.5 Å². The number of carbonyl (C=O) groups is 1. The normalized spacial score (nSPS) is 14.9. The first-order valence-electron chi connectivity index (χ1n) is 7.90. The van der Waals surface area contributed by atoms with Gasteiger partial charge in [0.25, 0.3) is 5.91 Å². The number of halogens is 1. The van der Waals surface area contributed by atoms with Gasteiger partial charge in [0.1, 0.15) is 0 Å². The van der Waals surface area contributed by atoms with Gasteiger partial charge in [-0.1, -0.05) is 53.2 Å². The number of amides is 1. The first-order chi connectivity index (χ1) is 11.1. The van der Waals surface area contributed by atoms with E-state index in [1.54, 1.807) is 11.8 Å². The van der Waals surface area contributed by atoms with Crippen LogP contribution < -0.4 is 0 Å². The summed E-state index contributed by atoms with van der Waals surface area (Å²) in [7, 11) is 0. The van der Waals surface area contributed by atoms with Crippen molar-refractivity contribution in [3.63, 3.8) is 0 Å². The van der Waals surface area contributed by atoms with E-state index in [0.29, 0.717) is 0 Å². The number of nitrogens with zero attached hydrogens (tertiary/aromatic N) is 1. The Morgan fingerprint density at radius 1 is 1.26 bits per heavy atom. The van der Waals surface area contributed by atoms with Gasteiger partial charge in [-0.3, -0.25) is 4.79 Å². The second-order valence-electron chi connectivity index (χ2n) is 5.90. The molecule has 0 aliphatic carbocycles. The predicted molar refractivity (Wildman–Crippen MR) is 99.8 cm³/mol.